The molecule has 0 unspecified atom stereocenters. The van der Waals surface area contributed by atoms with Gasteiger partial charge in [-0.15, -0.1) is 0 Å². The summed E-state index contributed by atoms with van der Waals surface area (Å²) in [5.41, 5.74) is 3.85. The summed E-state index contributed by atoms with van der Waals surface area (Å²) in [6.45, 7) is 6.16. The fourth-order valence-electron chi connectivity index (χ4n) is 3.85. The van der Waals surface area contributed by atoms with Gasteiger partial charge in [0.05, 0.1) is 12.2 Å². The fourth-order valence-corrected chi connectivity index (χ4v) is 3.85. The normalized spacial score (nSPS) is 14.3. The van der Waals surface area contributed by atoms with E-state index in [0.717, 1.165) is 18.8 Å². The minimum Gasteiger partial charge on any atom is -0.460 e. The molecule has 162 valence electrons. The molecule has 1 aliphatic rings. The smallest absolute Gasteiger partial charge is 0.340 e. The number of ether oxygens (including phenoxy) is 2. The summed E-state index contributed by atoms with van der Waals surface area (Å²) >= 11 is 0. The third kappa shape index (κ3) is 5.21. The Kier molecular flexibility index (Phi) is 7.52. The topological polar surface area (TPSA) is 83.7 Å². The van der Waals surface area contributed by atoms with Crippen LogP contribution in [0.3, 0.4) is 0 Å². The van der Waals surface area contributed by atoms with E-state index in [9.17, 15) is 9.59 Å². The molecule has 0 aliphatic carbocycles. The zero-order chi connectivity index (χ0) is 21.5. The molecule has 3 rings (SSSR count). The van der Waals surface area contributed by atoms with Crippen molar-refractivity contribution in [3.05, 3.63) is 46.8 Å². The Morgan fingerprint density at radius 2 is 1.70 bits per heavy atom. The van der Waals surface area contributed by atoms with E-state index in [0.29, 0.717) is 29.1 Å². The first-order chi connectivity index (χ1) is 14.5. The minimum absolute atomic E-state index is 0.171. The molecule has 1 aliphatic heterocycles. The third-order valence-electron chi connectivity index (χ3n) is 5.49. The number of aryl methyl sites for hydroxylation is 1. The number of nitrogens with one attached hydrogen (secondary N) is 2. The number of nitrogens with zero attached hydrogens (tertiary/aromatic N) is 1. The minimum atomic E-state index is -0.459. The number of carbonyl (C=O) groups excluding carboxylic acids is 2. The molecule has 1 fully saturated rings. The fraction of sp³-hybridized carbons (Fsp3) is 0.478. The molecule has 7 heteroatoms. The molecule has 1 aromatic heterocycles. The first-order valence-corrected chi connectivity index (χ1v) is 10.5. The number of benzene rings is 1. The molecule has 1 aromatic carbocycles. The Balaban J connectivity index is 1.67. The SMILES string of the molecule is COCCOC(=O)c1c(C)[nH]c(C(=O)Nc2ccc(N3CCCCCC3)cc2)c1C. The van der Waals surface area contributed by atoms with Crippen molar-refractivity contribution in [2.45, 2.75) is 39.5 Å². The standard InChI is InChI=1S/C23H31N3O4/c1-16-20(23(28)30-15-14-29-3)17(2)24-21(16)22(27)25-18-8-10-19(11-9-18)26-12-6-4-5-7-13-26/h8-11,24H,4-7,12-15H2,1-3H3,(H,25,27). The van der Waals surface area contributed by atoms with Crippen LogP contribution in [0.15, 0.2) is 24.3 Å². The Morgan fingerprint density at radius 3 is 2.33 bits per heavy atom. The summed E-state index contributed by atoms with van der Waals surface area (Å²) in [6, 6.07) is 7.94. The van der Waals surface area contributed by atoms with Crippen molar-refractivity contribution in [1.82, 2.24) is 4.98 Å². The predicted molar refractivity (Wildman–Crippen MR) is 118 cm³/mol. The van der Waals surface area contributed by atoms with Gasteiger partial charge in [-0.25, -0.2) is 4.79 Å². The summed E-state index contributed by atoms with van der Waals surface area (Å²) in [5, 5.41) is 2.91. The lowest BCUT2D eigenvalue weighted by Gasteiger charge is -2.22. The lowest BCUT2D eigenvalue weighted by Crippen LogP contribution is -2.23. The third-order valence-corrected chi connectivity index (χ3v) is 5.49. The number of aromatic nitrogens is 1. The molecule has 0 bridgehead atoms. The van der Waals surface area contributed by atoms with E-state index >= 15 is 0 Å². The van der Waals surface area contributed by atoms with Crippen LogP contribution in [0.4, 0.5) is 11.4 Å². The molecule has 7 nitrogen and oxygen atoms in total. The predicted octanol–water partition coefficient (Wildman–Crippen LogP) is 4.07. The monoisotopic (exact) mass is 413 g/mol. The lowest BCUT2D eigenvalue weighted by atomic mass is 10.1. The van der Waals surface area contributed by atoms with Crippen LogP contribution in [0, 0.1) is 13.8 Å². The second kappa shape index (κ2) is 10.3. The van der Waals surface area contributed by atoms with E-state index in [1.807, 2.05) is 24.3 Å². The number of methoxy groups -OCH3 is 1. The van der Waals surface area contributed by atoms with Crippen molar-refractivity contribution >= 4 is 23.3 Å². The second-order valence-corrected chi connectivity index (χ2v) is 7.66. The molecule has 2 aromatic rings. The molecule has 1 saturated heterocycles. The van der Waals surface area contributed by atoms with E-state index in [1.54, 1.807) is 21.0 Å². The first kappa shape index (κ1) is 21.9. The van der Waals surface area contributed by atoms with Crippen LogP contribution in [0.5, 0.6) is 0 Å². The van der Waals surface area contributed by atoms with E-state index in [1.165, 1.54) is 31.4 Å². The van der Waals surface area contributed by atoms with Crippen LogP contribution in [0.25, 0.3) is 0 Å². The van der Waals surface area contributed by atoms with Gasteiger partial charge in [-0.3, -0.25) is 4.79 Å². The highest BCUT2D eigenvalue weighted by Gasteiger charge is 2.23. The molecule has 0 spiro atoms. The second-order valence-electron chi connectivity index (χ2n) is 7.66. The Labute approximate surface area is 177 Å². The number of anilines is 2. The van der Waals surface area contributed by atoms with Crippen LogP contribution < -0.4 is 10.2 Å². The van der Waals surface area contributed by atoms with Gasteiger partial charge in [-0.1, -0.05) is 12.8 Å². The van der Waals surface area contributed by atoms with Crippen LogP contribution >= 0.6 is 0 Å². The molecule has 0 saturated carbocycles. The van der Waals surface area contributed by atoms with E-state index < -0.39 is 5.97 Å². The van der Waals surface area contributed by atoms with Crippen molar-refractivity contribution in [2.24, 2.45) is 0 Å². The summed E-state index contributed by atoms with van der Waals surface area (Å²) in [7, 11) is 1.55. The van der Waals surface area contributed by atoms with Crippen molar-refractivity contribution in [3.63, 3.8) is 0 Å². The van der Waals surface area contributed by atoms with Gasteiger partial charge in [-0.05, 0) is 56.5 Å². The summed E-state index contributed by atoms with van der Waals surface area (Å²) in [4.78, 5) is 30.5. The number of esters is 1. The van der Waals surface area contributed by atoms with Gasteiger partial charge in [0.2, 0.25) is 0 Å². The van der Waals surface area contributed by atoms with Crippen LogP contribution in [-0.4, -0.2) is 50.3 Å². The number of aromatic amines is 1. The van der Waals surface area contributed by atoms with Gasteiger partial charge in [-0.2, -0.15) is 0 Å². The number of H-pyrrole nitrogens is 1. The largest absolute Gasteiger partial charge is 0.460 e. The highest BCUT2D eigenvalue weighted by molar-refractivity contribution is 6.06. The number of hydrogen-bond donors (Lipinski definition) is 2. The van der Waals surface area contributed by atoms with Gasteiger partial charge >= 0.3 is 5.97 Å². The van der Waals surface area contributed by atoms with Gasteiger partial charge < -0.3 is 24.7 Å². The molecule has 1 amide bonds. The van der Waals surface area contributed by atoms with Crippen LogP contribution in [-0.2, 0) is 9.47 Å². The maximum atomic E-state index is 12.8. The number of carbonyl (C=O) groups is 2. The average Bonchev–Trinajstić information content (AvgIpc) is 2.90. The summed E-state index contributed by atoms with van der Waals surface area (Å²) < 4.78 is 10.1. The van der Waals surface area contributed by atoms with Crippen LogP contribution in [0.2, 0.25) is 0 Å². The number of rotatable bonds is 7. The number of hydrogen-bond acceptors (Lipinski definition) is 5. The molecule has 2 heterocycles. The van der Waals surface area contributed by atoms with Gasteiger partial charge in [0.1, 0.15) is 12.3 Å². The molecular weight excluding hydrogens is 382 g/mol. The molecule has 2 N–H and O–H groups in total. The molecule has 30 heavy (non-hydrogen) atoms. The average molecular weight is 414 g/mol. The zero-order valence-electron chi connectivity index (χ0n) is 18.0. The molecule has 0 atom stereocenters. The summed E-state index contributed by atoms with van der Waals surface area (Å²) in [5.74, 6) is -0.742. The van der Waals surface area contributed by atoms with Crippen LogP contribution in [0.1, 0.15) is 57.8 Å². The number of amides is 1. The Morgan fingerprint density at radius 1 is 1.03 bits per heavy atom. The maximum absolute atomic E-state index is 12.8. The van der Waals surface area contributed by atoms with E-state index in [4.69, 9.17) is 9.47 Å². The van der Waals surface area contributed by atoms with Gasteiger partial charge in [0.15, 0.2) is 0 Å². The summed E-state index contributed by atoms with van der Waals surface area (Å²) in [6.07, 6.45) is 5.03. The van der Waals surface area contributed by atoms with E-state index in [-0.39, 0.29) is 12.5 Å². The molecule has 0 radical (unpaired) electrons. The molecular formula is C23H31N3O4. The van der Waals surface area contributed by atoms with Crippen molar-refractivity contribution in [1.29, 1.82) is 0 Å². The highest BCUT2D eigenvalue weighted by Crippen LogP contribution is 2.23. The van der Waals surface area contributed by atoms with Crippen molar-refractivity contribution < 1.29 is 19.1 Å². The first-order valence-electron chi connectivity index (χ1n) is 10.5. The van der Waals surface area contributed by atoms with Gasteiger partial charge in [0.25, 0.3) is 5.91 Å². The van der Waals surface area contributed by atoms with Crippen molar-refractivity contribution in [3.8, 4) is 0 Å². The Bertz CT molecular complexity index is 865. The maximum Gasteiger partial charge on any atom is 0.340 e. The Hall–Kier alpha value is -2.80. The quantitative estimate of drug-likeness (QED) is 0.528. The van der Waals surface area contributed by atoms with E-state index in [2.05, 4.69) is 15.2 Å². The highest BCUT2D eigenvalue weighted by atomic mass is 16.6. The van der Waals surface area contributed by atoms with Gasteiger partial charge in [0, 0.05) is 37.3 Å². The lowest BCUT2D eigenvalue weighted by molar-refractivity contribution is 0.0387. The van der Waals surface area contributed by atoms with Crippen molar-refractivity contribution in [2.75, 3.05) is 43.6 Å². The zero-order valence-corrected chi connectivity index (χ0v) is 18.0.